The highest BCUT2D eigenvalue weighted by molar-refractivity contribution is 5.71. The van der Waals surface area contributed by atoms with E-state index in [2.05, 4.69) is 37.2 Å². The molecule has 0 heterocycles. The van der Waals surface area contributed by atoms with E-state index in [-0.39, 0.29) is 0 Å². The molecular weight excluding hydrogens is 314 g/mol. The molecule has 0 bridgehead atoms. The molecule has 25 heavy (non-hydrogen) atoms. The van der Waals surface area contributed by atoms with E-state index in [1.807, 2.05) is 36.4 Å². The van der Waals surface area contributed by atoms with Crippen molar-refractivity contribution in [3.05, 3.63) is 53.6 Å². The number of ether oxygens (including phenoxy) is 3. The fourth-order valence-corrected chi connectivity index (χ4v) is 2.36. The van der Waals surface area contributed by atoms with E-state index >= 15 is 0 Å². The lowest BCUT2D eigenvalue weighted by Crippen LogP contribution is -2.15. The van der Waals surface area contributed by atoms with Crippen LogP contribution in [0.4, 0.5) is 0 Å². The SMILES string of the molecule is COc1cc(/C=C/c2ccc(OCCCN(C)C)cc2)cc(OC)c1. The fourth-order valence-electron chi connectivity index (χ4n) is 2.36. The molecule has 2 rings (SSSR count). The molecule has 0 amide bonds. The van der Waals surface area contributed by atoms with Gasteiger partial charge < -0.3 is 19.1 Å². The molecular formula is C21H27NO3. The van der Waals surface area contributed by atoms with Gasteiger partial charge in [-0.15, -0.1) is 0 Å². The van der Waals surface area contributed by atoms with E-state index in [0.29, 0.717) is 0 Å². The number of benzene rings is 2. The van der Waals surface area contributed by atoms with Crippen molar-refractivity contribution in [3.8, 4) is 17.2 Å². The normalized spacial score (nSPS) is 11.1. The summed E-state index contributed by atoms with van der Waals surface area (Å²) >= 11 is 0. The predicted molar refractivity (Wildman–Crippen MR) is 104 cm³/mol. The topological polar surface area (TPSA) is 30.9 Å². The average molecular weight is 341 g/mol. The Morgan fingerprint density at radius 1 is 0.800 bits per heavy atom. The first-order valence-corrected chi connectivity index (χ1v) is 8.39. The largest absolute Gasteiger partial charge is 0.497 e. The predicted octanol–water partition coefficient (Wildman–Crippen LogP) is 4.20. The van der Waals surface area contributed by atoms with Crippen LogP contribution in [0, 0.1) is 0 Å². The van der Waals surface area contributed by atoms with Gasteiger partial charge in [-0.25, -0.2) is 0 Å². The van der Waals surface area contributed by atoms with Crippen molar-refractivity contribution in [1.82, 2.24) is 4.90 Å². The molecule has 0 atom stereocenters. The minimum absolute atomic E-state index is 0.733. The van der Waals surface area contributed by atoms with E-state index in [1.54, 1.807) is 14.2 Å². The van der Waals surface area contributed by atoms with Crippen molar-refractivity contribution < 1.29 is 14.2 Å². The van der Waals surface area contributed by atoms with Crippen molar-refractivity contribution in [3.63, 3.8) is 0 Å². The molecule has 2 aromatic carbocycles. The Balaban J connectivity index is 1.95. The number of hydrogen-bond acceptors (Lipinski definition) is 4. The first-order valence-electron chi connectivity index (χ1n) is 8.39. The Morgan fingerprint density at radius 2 is 1.40 bits per heavy atom. The molecule has 4 heteroatoms. The van der Waals surface area contributed by atoms with E-state index < -0.39 is 0 Å². The second kappa shape index (κ2) is 9.74. The Bertz CT molecular complexity index is 656. The summed E-state index contributed by atoms with van der Waals surface area (Å²) in [5.74, 6) is 2.46. The van der Waals surface area contributed by atoms with E-state index in [4.69, 9.17) is 14.2 Å². The van der Waals surface area contributed by atoms with Gasteiger partial charge in [0.2, 0.25) is 0 Å². The highest BCUT2D eigenvalue weighted by Gasteiger charge is 2.00. The highest BCUT2D eigenvalue weighted by atomic mass is 16.5. The molecule has 2 aromatic rings. The van der Waals surface area contributed by atoms with Crippen LogP contribution in [-0.4, -0.2) is 46.4 Å². The van der Waals surface area contributed by atoms with Crippen molar-refractivity contribution in [2.24, 2.45) is 0 Å². The van der Waals surface area contributed by atoms with Crippen molar-refractivity contribution in [1.29, 1.82) is 0 Å². The molecule has 0 radical (unpaired) electrons. The van der Waals surface area contributed by atoms with E-state index in [0.717, 1.165) is 47.9 Å². The lowest BCUT2D eigenvalue weighted by Gasteiger charge is -2.10. The zero-order chi connectivity index (χ0) is 18.1. The molecule has 0 aliphatic rings. The summed E-state index contributed by atoms with van der Waals surface area (Å²) < 4.78 is 16.3. The van der Waals surface area contributed by atoms with Gasteiger partial charge in [0.05, 0.1) is 20.8 Å². The zero-order valence-electron chi connectivity index (χ0n) is 15.5. The maximum Gasteiger partial charge on any atom is 0.123 e. The summed E-state index contributed by atoms with van der Waals surface area (Å²) in [4.78, 5) is 2.16. The number of rotatable bonds is 9. The highest BCUT2D eigenvalue weighted by Crippen LogP contribution is 2.24. The van der Waals surface area contributed by atoms with Gasteiger partial charge >= 0.3 is 0 Å². The van der Waals surface area contributed by atoms with Crippen LogP contribution >= 0.6 is 0 Å². The van der Waals surface area contributed by atoms with Crippen molar-refractivity contribution >= 4 is 12.2 Å². The fraction of sp³-hybridized carbons (Fsp3) is 0.333. The smallest absolute Gasteiger partial charge is 0.123 e. The van der Waals surface area contributed by atoms with Crippen LogP contribution in [0.2, 0.25) is 0 Å². The average Bonchev–Trinajstić information content (AvgIpc) is 2.64. The molecule has 0 unspecified atom stereocenters. The standard InChI is InChI=1S/C21H27NO3/c1-22(2)12-5-13-25-19-10-8-17(9-11-19)6-7-18-14-20(23-3)16-21(15-18)24-4/h6-11,14-16H,5,12-13H2,1-4H3/b7-6+. The molecule has 0 aliphatic carbocycles. The Hall–Kier alpha value is -2.46. The third kappa shape index (κ3) is 6.51. The molecule has 0 saturated carbocycles. The lowest BCUT2D eigenvalue weighted by atomic mass is 10.1. The molecule has 0 N–H and O–H groups in total. The first kappa shape index (κ1) is 18.9. The lowest BCUT2D eigenvalue weighted by molar-refractivity contribution is 0.281. The summed E-state index contributed by atoms with van der Waals surface area (Å²) in [5, 5.41) is 0. The van der Waals surface area contributed by atoms with Crippen LogP contribution in [0.5, 0.6) is 17.2 Å². The monoisotopic (exact) mass is 341 g/mol. The maximum atomic E-state index is 5.75. The van der Waals surface area contributed by atoms with Gasteiger partial charge in [0.1, 0.15) is 17.2 Å². The number of nitrogens with zero attached hydrogens (tertiary/aromatic N) is 1. The van der Waals surface area contributed by atoms with Crippen LogP contribution in [0.15, 0.2) is 42.5 Å². The molecule has 0 saturated heterocycles. The Labute approximate surface area is 150 Å². The van der Waals surface area contributed by atoms with Gasteiger partial charge in [0, 0.05) is 12.6 Å². The third-order valence-electron chi connectivity index (χ3n) is 3.74. The van der Waals surface area contributed by atoms with Crippen LogP contribution in [0.3, 0.4) is 0 Å². The van der Waals surface area contributed by atoms with Gasteiger partial charge in [-0.3, -0.25) is 0 Å². The van der Waals surface area contributed by atoms with Gasteiger partial charge in [0.15, 0.2) is 0 Å². The quantitative estimate of drug-likeness (QED) is 0.505. The Morgan fingerprint density at radius 3 is 1.96 bits per heavy atom. The summed E-state index contributed by atoms with van der Waals surface area (Å²) in [7, 11) is 7.44. The van der Waals surface area contributed by atoms with Crippen LogP contribution in [0.1, 0.15) is 17.5 Å². The van der Waals surface area contributed by atoms with Crippen molar-refractivity contribution in [2.45, 2.75) is 6.42 Å². The molecule has 0 spiro atoms. The third-order valence-corrected chi connectivity index (χ3v) is 3.74. The van der Waals surface area contributed by atoms with Crippen LogP contribution in [-0.2, 0) is 0 Å². The van der Waals surface area contributed by atoms with Gasteiger partial charge in [-0.1, -0.05) is 24.3 Å². The minimum Gasteiger partial charge on any atom is -0.497 e. The van der Waals surface area contributed by atoms with E-state index in [1.165, 1.54) is 0 Å². The Kier molecular flexibility index (Phi) is 7.36. The molecule has 0 fully saturated rings. The van der Waals surface area contributed by atoms with Crippen molar-refractivity contribution in [2.75, 3.05) is 41.5 Å². The van der Waals surface area contributed by atoms with Gasteiger partial charge in [0.25, 0.3) is 0 Å². The second-order valence-electron chi connectivity index (χ2n) is 6.05. The van der Waals surface area contributed by atoms with Crippen LogP contribution < -0.4 is 14.2 Å². The first-order chi connectivity index (χ1) is 12.1. The number of hydrogen-bond donors (Lipinski definition) is 0. The molecule has 0 aliphatic heterocycles. The molecule has 0 aromatic heterocycles. The summed E-state index contributed by atoms with van der Waals surface area (Å²) in [6.07, 6.45) is 5.12. The van der Waals surface area contributed by atoms with Gasteiger partial charge in [-0.05, 0) is 55.9 Å². The zero-order valence-corrected chi connectivity index (χ0v) is 15.5. The minimum atomic E-state index is 0.733. The number of methoxy groups -OCH3 is 2. The molecule has 4 nitrogen and oxygen atoms in total. The summed E-state index contributed by atoms with van der Waals surface area (Å²) in [6, 6.07) is 13.9. The maximum absolute atomic E-state index is 5.75. The summed E-state index contributed by atoms with van der Waals surface area (Å²) in [6.45, 7) is 1.77. The second-order valence-corrected chi connectivity index (χ2v) is 6.05. The molecule has 134 valence electrons. The van der Waals surface area contributed by atoms with Crippen LogP contribution in [0.25, 0.3) is 12.2 Å². The van der Waals surface area contributed by atoms with Gasteiger partial charge in [-0.2, -0.15) is 0 Å². The summed E-state index contributed by atoms with van der Waals surface area (Å²) in [5.41, 5.74) is 2.14. The van der Waals surface area contributed by atoms with E-state index in [9.17, 15) is 0 Å².